The Morgan fingerprint density at radius 2 is 2.00 bits per heavy atom. The molecule has 8 heteroatoms. The van der Waals surface area contributed by atoms with Crippen molar-refractivity contribution >= 4 is 5.69 Å². The van der Waals surface area contributed by atoms with Crippen molar-refractivity contribution in [1.29, 1.82) is 0 Å². The number of halogens is 4. The molecule has 1 rings (SSSR count). The van der Waals surface area contributed by atoms with Crippen LogP contribution in [0.3, 0.4) is 0 Å². The molecule has 1 aromatic carbocycles. The number of alkyl halides is 3. The summed E-state index contributed by atoms with van der Waals surface area (Å²) in [6, 6.07) is 3.09. The zero-order valence-electron chi connectivity index (χ0n) is 10.1. The van der Waals surface area contributed by atoms with E-state index in [2.05, 4.69) is 0 Å². The van der Waals surface area contributed by atoms with Gasteiger partial charge in [0, 0.05) is 12.6 Å². The number of nitro groups is 1. The Balaban J connectivity index is 2.81. The van der Waals surface area contributed by atoms with Crippen molar-refractivity contribution in [3.63, 3.8) is 0 Å². The lowest BCUT2D eigenvalue weighted by molar-refractivity contribution is -0.387. The second kappa shape index (κ2) is 5.96. The highest BCUT2D eigenvalue weighted by Gasteiger charge is 2.30. The molecule has 0 fully saturated rings. The van der Waals surface area contributed by atoms with E-state index in [0.717, 1.165) is 17.0 Å². The van der Waals surface area contributed by atoms with Crippen molar-refractivity contribution < 1.29 is 22.5 Å². The van der Waals surface area contributed by atoms with Gasteiger partial charge >= 0.3 is 11.9 Å². The zero-order valence-corrected chi connectivity index (χ0v) is 10.1. The molecule has 0 aliphatic rings. The number of hydrogen-bond acceptors (Lipinski definition) is 3. The lowest BCUT2D eigenvalue weighted by Gasteiger charge is -2.21. The number of benzene rings is 1. The average molecular weight is 280 g/mol. The van der Waals surface area contributed by atoms with Gasteiger partial charge in [-0.1, -0.05) is 13.0 Å². The molecule has 0 aliphatic heterocycles. The summed E-state index contributed by atoms with van der Waals surface area (Å²) in [6.07, 6.45) is -4.34. The average Bonchev–Trinajstić information content (AvgIpc) is 2.25. The van der Waals surface area contributed by atoms with E-state index < -0.39 is 29.1 Å². The van der Waals surface area contributed by atoms with Gasteiger partial charge in [0.1, 0.15) is 0 Å². The molecule has 0 aromatic heterocycles. The standard InChI is InChI=1S/C11H12F4N2O2/c1-2-16(7-11(13,14)15)6-8-3-4-10(17(18)19)9(12)5-8/h3-5H,2,6-7H2,1H3. The molecule has 0 unspecified atom stereocenters. The van der Waals surface area contributed by atoms with Gasteiger partial charge in [-0.05, 0) is 18.2 Å². The summed E-state index contributed by atoms with van der Waals surface area (Å²) in [7, 11) is 0. The summed E-state index contributed by atoms with van der Waals surface area (Å²) in [4.78, 5) is 10.6. The van der Waals surface area contributed by atoms with Crippen molar-refractivity contribution in [2.24, 2.45) is 0 Å². The minimum Gasteiger partial charge on any atom is -0.291 e. The van der Waals surface area contributed by atoms with Crippen LogP contribution in [0.2, 0.25) is 0 Å². The predicted molar refractivity (Wildman–Crippen MR) is 60.1 cm³/mol. The SMILES string of the molecule is CCN(Cc1ccc([N+](=O)[O-])c(F)c1)CC(F)(F)F. The lowest BCUT2D eigenvalue weighted by atomic mass is 10.2. The third-order valence-corrected chi connectivity index (χ3v) is 2.47. The highest BCUT2D eigenvalue weighted by Crippen LogP contribution is 2.21. The van der Waals surface area contributed by atoms with Gasteiger partial charge in [0.15, 0.2) is 0 Å². The lowest BCUT2D eigenvalue weighted by Crippen LogP contribution is -2.33. The van der Waals surface area contributed by atoms with Crippen molar-refractivity contribution in [1.82, 2.24) is 4.90 Å². The van der Waals surface area contributed by atoms with Crippen molar-refractivity contribution in [2.75, 3.05) is 13.1 Å². The summed E-state index contributed by atoms with van der Waals surface area (Å²) in [5.74, 6) is -1.05. The first-order chi connectivity index (χ1) is 8.73. The van der Waals surface area contributed by atoms with E-state index in [1.165, 1.54) is 6.07 Å². The maximum Gasteiger partial charge on any atom is 0.401 e. The van der Waals surface area contributed by atoms with E-state index in [0.29, 0.717) is 0 Å². The van der Waals surface area contributed by atoms with Crippen molar-refractivity contribution in [3.8, 4) is 0 Å². The number of nitrogens with zero attached hydrogens (tertiary/aromatic N) is 2. The summed E-state index contributed by atoms with van der Waals surface area (Å²) >= 11 is 0. The zero-order chi connectivity index (χ0) is 14.6. The molecule has 0 aliphatic carbocycles. The first-order valence-corrected chi connectivity index (χ1v) is 5.45. The van der Waals surface area contributed by atoms with Gasteiger partial charge in [-0.3, -0.25) is 15.0 Å². The van der Waals surface area contributed by atoms with E-state index in [4.69, 9.17) is 0 Å². The molecule has 0 saturated carbocycles. The maximum atomic E-state index is 13.3. The Kier molecular flexibility index (Phi) is 4.82. The molecule has 1 aromatic rings. The minimum atomic E-state index is -4.34. The third-order valence-electron chi connectivity index (χ3n) is 2.47. The highest BCUT2D eigenvalue weighted by atomic mass is 19.4. The monoisotopic (exact) mass is 280 g/mol. The van der Waals surface area contributed by atoms with E-state index >= 15 is 0 Å². The Bertz CT molecular complexity index is 462. The van der Waals surface area contributed by atoms with Crippen LogP contribution in [0.4, 0.5) is 23.2 Å². The summed E-state index contributed by atoms with van der Waals surface area (Å²) in [6.45, 7) is 0.457. The van der Waals surface area contributed by atoms with Crippen LogP contribution in [-0.2, 0) is 6.54 Å². The fourth-order valence-corrected chi connectivity index (χ4v) is 1.59. The fourth-order valence-electron chi connectivity index (χ4n) is 1.59. The van der Waals surface area contributed by atoms with E-state index in [1.807, 2.05) is 0 Å². The van der Waals surface area contributed by atoms with Crippen LogP contribution < -0.4 is 0 Å². The van der Waals surface area contributed by atoms with Crippen molar-refractivity contribution in [2.45, 2.75) is 19.6 Å². The fraction of sp³-hybridized carbons (Fsp3) is 0.455. The molecule has 106 valence electrons. The third kappa shape index (κ3) is 4.82. The Hall–Kier alpha value is -1.70. The van der Waals surface area contributed by atoms with Crippen LogP contribution in [0.5, 0.6) is 0 Å². The second-order valence-corrected chi connectivity index (χ2v) is 3.96. The van der Waals surface area contributed by atoms with Crippen molar-refractivity contribution in [3.05, 3.63) is 39.7 Å². The van der Waals surface area contributed by atoms with Crippen LogP contribution in [0.15, 0.2) is 18.2 Å². The van der Waals surface area contributed by atoms with Crippen LogP contribution >= 0.6 is 0 Å². The first-order valence-electron chi connectivity index (χ1n) is 5.45. The molecule has 0 spiro atoms. The molecule has 0 radical (unpaired) electrons. The van der Waals surface area contributed by atoms with Gasteiger partial charge in [-0.25, -0.2) is 0 Å². The Labute approximate surface area is 106 Å². The summed E-state index contributed by atoms with van der Waals surface area (Å²) in [5, 5.41) is 10.4. The molecule has 0 N–H and O–H groups in total. The molecule has 0 saturated heterocycles. The van der Waals surface area contributed by atoms with E-state index in [9.17, 15) is 27.7 Å². The van der Waals surface area contributed by atoms with E-state index in [-0.39, 0.29) is 18.7 Å². The minimum absolute atomic E-state index is 0.120. The quantitative estimate of drug-likeness (QED) is 0.473. The maximum absolute atomic E-state index is 13.3. The Morgan fingerprint density at radius 3 is 2.42 bits per heavy atom. The summed E-state index contributed by atoms with van der Waals surface area (Å²) < 4.78 is 50.0. The molecule has 0 bridgehead atoms. The number of rotatable bonds is 5. The van der Waals surface area contributed by atoms with Gasteiger partial charge < -0.3 is 0 Å². The van der Waals surface area contributed by atoms with Crippen LogP contribution in [-0.4, -0.2) is 29.1 Å². The van der Waals surface area contributed by atoms with Gasteiger partial charge in [0.05, 0.1) is 11.5 Å². The first kappa shape index (κ1) is 15.4. The second-order valence-electron chi connectivity index (χ2n) is 3.96. The highest BCUT2D eigenvalue weighted by molar-refractivity contribution is 5.34. The van der Waals surface area contributed by atoms with E-state index in [1.54, 1.807) is 6.92 Å². The molecule has 0 atom stereocenters. The molecule has 19 heavy (non-hydrogen) atoms. The molecule has 0 amide bonds. The molecule has 4 nitrogen and oxygen atoms in total. The predicted octanol–water partition coefficient (Wildman–Crippen LogP) is 3.12. The topological polar surface area (TPSA) is 46.4 Å². The van der Waals surface area contributed by atoms with Gasteiger partial charge in [-0.2, -0.15) is 17.6 Å². The van der Waals surface area contributed by atoms with Gasteiger partial charge in [0.2, 0.25) is 5.82 Å². The Morgan fingerprint density at radius 1 is 1.37 bits per heavy atom. The number of nitro benzene ring substituents is 1. The molecule has 0 heterocycles. The summed E-state index contributed by atoms with van der Waals surface area (Å²) in [5.41, 5.74) is -0.434. The van der Waals surface area contributed by atoms with Crippen LogP contribution in [0.1, 0.15) is 12.5 Å². The molecular formula is C11H12F4N2O2. The van der Waals surface area contributed by atoms with Gasteiger partial charge in [0.25, 0.3) is 0 Å². The number of hydrogen-bond donors (Lipinski definition) is 0. The van der Waals surface area contributed by atoms with Crippen LogP contribution in [0.25, 0.3) is 0 Å². The largest absolute Gasteiger partial charge is 0.401 e. The van der Waals surface area contributed by atoms with Crippen LogP contribution in [0, 0.1) is 15.9 Å². The normalized spacial score (nSPS) is 11.9. The molecular weight excluding hydrogens is 268 g/mol. The smallest absolute Gasteiger partial charge is 0.291 e. The van der Waals surface area contributed by atoms with Gasteiger partial charge in [-0.15, -0.1) is 0 Å².